The Hall–Kier alpha value is -2.27. The van der Waals surface area contributed by atoms with E-state index >= 15 is 0 Å². The highest BCUT2D eigenvalue weighted by Crippen LogP contribution is 2.17. The molecule has 0 amide bonds. The van der Waals surface area contributed by atoms with Crippen molar-refractivity contribution < 1.29 is 15.0 Å². The molecule has 0 aliphatic rings. The second-order valence-electron chi connectivity index (χ2n) is 4.18. The van der Waals surface area contributed by atoms with Crippen LogP contribution in [-0.4, -0.2) is 27.7 Å². The first kappa shape index (κ1) is 14.1. The number of anilines is 1. The molecule has 0 saturated carbocycles. The third-order valence-corrected chi connectivity index (χ3v) is 2.94. The van der Waals surface area contributed by atoms with Gasteiger partial charge in [0.15, 0.2) is 0 Å². The van der Waals surface area contributed by atoms with Crippen LogP contribution >= 0.6 is 11.6 Å². The Morgan fingerprint density at radius 3 is 2.55 bits per heavy atom. The summed E-state index contributed by atoms with van der Waals surface area (Å²) in [4.78, 5) is 15.0. The number of halogens is 1. The molecule has 0 unspecified atom stereocenters. The molecule has 0 radical (unpaired) electrons. The molecule has 0 atom stereocenters. The molecular weight excluding hydrogens is 280 g/mol. The lowest BCUT2D eigenvalue weighted by atomic mass is 10.1. The molecule has 0 fully saturated rings. The van der Waals surface area contributed by atoms with Crippen molar-refractivity contribution in [3.63, 3.8) is 0 Å². The smallest absolute Gasteiger partial charge is 0.339 e. The highest BCUT2D eigenvalue weighted by atomic mass is 35.5. The molecule has 0 aliphatic carbocycles. The van der Waals surface area contributed by atoms with E-state index in [0.717, 1.165) is 5.56 Å². The second-order valence-corrected chi connectivity index (χ2v) is 4.57. The van der Waals surface area contributed by atoms with E-state index in [1.54, 1.807) is 24.3 Å². The topological polar surface area (TPSA) is 82.5 Å². The fourth-order valence-corrected chi connectivity index (χ4v) is 1.88. The minimum Gasteiger partial charge on any atom is -0.508 e. The molecule has 1 aromatic carbocycles. The van der Waals surface area contributed by atoms with Crippen LogP contribution in [0.2, 0.25) is 5.15 Å². The standard InChI is InChI=1S/C14H13ClN2O3/c15-12-6-5-11(14(19)20)13(17-12)16-8-7-9-1-3-10(18)4-2-9/h1-6,18H,7-8H2,(H,16,17)(H,19,20). The average Bonchev–Trinajstić information content (AvgIpc) is 2.41. The van der Waals surface area contributed by atoms with Crippen LogP contribution in [0.1, 0.15) is 15.9 Å². The van der Waals surface area contributed by atoms with Gasteiger partial charge in [0.1, 0.15) is 22.3 Å². The molecule has 104 valence electrons. The first-order chi connectivity index (χ1) is 9.56. The minimum absolute atomic E-state index is 0.0834. The maximum absolute atomic E-state index is 11.1. The van der Waals surface area contributed by atoms with Gasteiger partial charge >= 0.3 is 5.97 Å². The van der Waals surface area contributed by atoms with Crippen LogP contribution in [0.4, 0.5) is 5.82 Å². The van der Waals surface area contributed by atoms with Gasteiger partial charge in [-0.05, 0) is 36.2 Å². The van der Waals surface area contributed by atoms with Gasteiger partial charge < -0.3 is 15.5 Å². The molecule has 0 aliphatic heterocycles. The SMILES string of the molecule is O=C(O)c1ccc(Cl)nc1NCCc1ccc(O)cc1. The van der Waals surface area contributed by atoms with Crippen molar-refractivity contribution in [1.82, 2.24) is 4.98 Å². The predicted molar refractivity (Wildman–Crippen MR) is 76.5 cm³/mol. The quantitative estimate of drug-likeness (QED) is 0.738. The Labute approximate surface area is 120 Å². The monoisotopic (exact) mass is 292 g/mol. The molecule has 0 saturated heterocycles. The molecular formula is C14H13ClN2O3. The van der Waals surface area contributed by atoms with Gasteiger partial charge in [0.25, 0.3) is 0 Å². The summed E-state index contributed by atoms with van der Waals surface area (Å²) in [5.41, 5.74) is 1.11. The van der Waals surface area contributed by atoms with Gasteiger partial charge in [0.2, 0.25) is 0 Å². The van der Waals surface area contributed by atoms with Gasteiger partial charge in [-0.3, -0.25) is 0 Å². The van der Waals surface area contributed by atoms with Gasteiger partial charge in [-0.15, -0.1) is 0 Å². The number of aromatic carboxylic acids is 1. The third-order valence-electron chi connectivity index (χ3n) is 2.73. The highest BCUT2D eigenvalue weighted by molar-refractivity contribution is 6.29. The van der Waals surface area contributed by atoms with Crippen molar-refractivity contribution in [1.29, 1.82) is 0 Å². The molecule has 0 spiro atoms. The number of carboxylic acid groups (broad SMARTS) is 1. The van der Waals surface area contributed by atoms with Gasteiger partial charge in [0.05, 0.1) is 0 Å². The number of carbonyl (C=O) groups is 1. The van der Waals surface area contributed by atoms with E-state index in [0.29, 0.717) is 13.0 Å². The summed E-state index contributed by atoms with van der Waals surface area (Å²) in [6.07, 6.45) is 0.674. The molecule has 0 bridgehead atoms. The maximum atomic E-state index is 11.1. The van der Waals surface area contributed by atoms with Crippen molar-refractivity contribution in [2.75, 3.05) is 11.9 Å². The van der Waals surface area contributed by atoms with Crippen molar-refractivity contribution in [3.8, 4) is 5.75 Å². The molecule has 3 N–H and O–H groups in total. The molecule has 1 aromatic heterocycles. The second kappa shape index (κ2) is 6.25. The molecule has 2 aromatic rings. The highest BCUT2D eigenvalue weighted by Gasteiger charge is 2.11. The van der Waals surface area contributed by atoms with Crippen LogP contribution in [0.5, 0.6) is 5.75 Å². The van der Waals surface area contributed by atoms with Crippen molar-refractivity contribution in [3.05, 3.63) is 52.7 Å². The van der Waals surface area contributed by atoms with Gasteiger partial charge in [-0.25, -0.2) is 9.78 Å². The van der Waals surface area contributed by atoms with Gasteiger partial charge in [-0.2, -0.15) is 0 Å². The number of rotatable bonds is 5. The van der Waals surface area contributed by atoms with Crippen LogP contribution in [0, 0.1) is 0 Å². The number of aromatic nitrogens is 1. The van der Waals surface area contributed by atoms with E-state index in [9.17, 15) is 9.90 Å². The largest absolute Gasteiger partial charge is 0.508 e. The number of aromatic hydroxyl groups is 1. The number of benzene rings is 1. The fourth-order valence-electron chi connectivity index (χ4n) is 1.73. The van der Waals surface area contributed by atoms with Gasteiger partial charge in [-0.1, -0.05) is 23.7 Å². The number of carboxylic acids is 1. The summed E-state index contributed by atoms with van der Waals surface area (Å²) in [6, 6.07) is 9.68. The number of hydrogen-bond donors (Lipinski definition) is 3. The minimum atomic E-state index is -1.05. The van der Waals surface area contributed by atoms with E-state index in [4.69, 9.17) is 16.7 Å². The zero-order valence-corrected chi connectivity index (χ0v) is 11.3. The number of nitrogens with zero attached hydrogens (tertiary/aromatic N) is 1. The van der Waals surface area contributed by atoms with Crippen LogP contribution in [0.3, 0.4) is 0 Å². The van der Waals surface area contributed by atoms with Gasteiger partial charge in [0, 0.05) is 6.54 Å². The first-order valence-corrected chi connectivity index (χ1v) is 6.35. The zero-order valence-electron chi connectivity index (χ0n) is 10.5. The molecule has 6 heteroatoms. The molecule has 2 rings (SSSR count). The van der Waals surface area contributed by atoms with Crippen molar-refractivity contribution in [2.45, 2.75) is 6.42 Å². The Morgan fingerprint density at radius 1 is 1.20 bits per heavy atom. The van der Waals surface area contributed by atoms with Crippen molar-refractivity contribution in [2.24, 2.45) is 0 Å². The first-order valence-electron chi connectivity index (χ1n) is 5.98. The Bertz CT molecular complexity index is 614. The number of hydrogen-bond acceptors (Lipinski definition) is 4. The summed E-state index contributed by atoms with van der Waals surface area (Å²) in [6.45, 7) is 0.512. The van der Waals surface area contributed by atoms with E-state index in [1.165, 1.54) is 12.1 Å². The lowest BCUT2D eigenvalue weighted by Crippen LogP contribution is -2.11. The summed E-state index contributed by atoms with van der Waals surface area (Å²) >= 11 is 5.76. The van der Waals surface area contributed by atoms with Crippen LogP contribution < -0.4 is 5.32 Å². The van der Waals surface area contributed by atoms with Crippen molar-refractivity contribution >= 4 is 23.4 Å². The predicted octanol–water partition coefficient (Wildman–Crippen LogP) is 2.79. The van der Waals surface area contributed by atoms with E-state index in [-0.39, 0.29) is 22.3 Å². The maximum Gasteiger partial charge on any atom is 0.339 e. The van der Waals surface area contributed by atoms with E-state index in [2.05, 4.69) is 10.3 Å². The zero-order chi connectivity index (χ0) is 14.5. The summed E-state index contributed by atoms with van der Waals surface area (Å²) in [5, 5.41) is 21.4. The van der Waals surface area contributed by atoms with Crippen LogP contribution in [0.25, 0.3) is 0 Å². The number of pyridine rings is 1. The lowest BCUT2D eigenvalue weighted by molar-refractivity contribution is 0.0697. The lowest BCUT2D eigenvalue weighted by Gasteiger charge is -2.09. The Morgan fingerprint density at radius 2 is 1.90 bits per heavy atom. The number of phenolic OH excluding ortho intramolecular Hbond substituents is 1. The third kappa shape index (κ3) is 3.61. The molecule has 20 heavy (non-hydrogen) atoms. The molecule has 1 heterocycles. The fraction of sp³-hybridized carbons (Fsp3) is 0.143. The average molecular weight is 293 g/mol. The summed E-state index contributed by atoms with van der Waals surface area (Å²) in [5.74, 6) is -0.587. The van der Waals surface area contributed by atoms with E-state index < -0.39 is 5.97 Å². The van der Waals surface area contributed by atoms with Crippen LogP contribution in [-0.2, 0) is 6.42 Å². The van der Waals surface area contributed by atoms with E-state index in [1.807, 2.05) is 0 Å². The number of phenols is 1. The summed E-state index contributed by atoms with van der Waals surface area (Å²) in [7, 11) is 0. The Balaban J connectivity index is 2.02. The van der Waals surface area contributed by atoms with Crippen LogP contribution in [0.15, 0.2) is 36.4 Å². The summed E-state index contributed by atoms with van der Waals surface area (Å²) < 4.78 is 0. The Kier molecular flexibility index (Phi) is 4.42. The normalized spacial score (nSPS) is 10.2. The number of nitrogens with one attached hydrogen (secondary N) is 1. The molecule has 5 nitrogen and oxygen atoms in total.